The number of hydrogen-bond donors (Lipinski definition) is 0. The number of nitrogens with zero attached hydrogens (tertiary/aromatic N) is 1. The highest BCUT2D eigenvalue weighted by Gasteiger charge is 2.50. The van der Waals surface area contributed by atoms with Crippen LogP contribution in [0.4, 0.5) is 0 Å². The van der Waals surface area contributed by atoms with Crippen LogP contribution in [0.25, 0.3) is 0 Å². The number of rotatable bonds is 5. The van der Waals surface area contributed by atoms with Crippen molar-refractivity contribution in [1.29, 1.82) is 0 Å². The Morgan fingerprint density at radius 1 is 0.889 bits per heavy atom. The summed E-state index contributed by atoms with van der Waals surface area (Å²) in [4.78, 5) is 14.8. The number of carbonyl (C=O) groups excluding carboxylic acids is 1. The van der Waals surface area contributed by atoms with Gasteiger partial charge in [-0.3, -0.25) is 4.79 Å². The lowest BCUT2D eigenvalue weighted by Gasteiger charge is -2.43. The van der Waals surface area contributed by atoms with Crippen LogP contribution in [0, 0.1) is 0 Å². The fraction of sp³-hybridized carbons (Fsp3) is 0.435. The molecular weight excluding hydrogens is 350 g/mol. The molecular formula is C23H31NO2Si. The van der Waals surface area contributed by atoms with E-state index in [0.717, 1.165) is 25.9 Å². The second-order valence-electron chi connectivity index (χ2n) is 8.39. The van der Waals surface area contributed by atoms with E-state index in [1.165, 1.54) is 16.8 Å². The summed E-state index contributed by atoms with van der Waals surface area (Å²) in [5, 5.41) is 2.34. The summed E-state index contributed by atoms with van der Waals surface area (Å²) >= 11 is 0. The predicted molar refractivity (Wildman–Crippen MR) is 114 cm³/mol. The summed E-state index contributed by atoms with van der Waals surface area (Å²) < 4.78 is 6.73. The molecule has 0 unspecified atom stereocenters. The van der Waals surface area contributed by atoms with Gasteiger partial charge in [0.05, 0.1) is 0 Å². The lowest BCUT2D eigenvalue weighted by molar-refractivity contribution is -0.134. The van der Waals surface area contributed by atoms with E-state index in [1.807, 2.05) is 17.0 Å². The molecule has 4 heteroatoms. The Hall–Kier alpha value is -1.91. The minimum Gasteiger partial charge on any atom is -0.398 e. The van der Waals surface area contributed by atoms with E-state index in [-0.39, 0.29) is 17.6 Å². The molecule has 1 saturated heterocycles. The second kappa shape index (κ2) is 8.40. The molecule has 2 aromatic rings. The summed E-state index contributed by atoms with van der Waals surface area (Å²) in [6.07, 6.45) is 3.43. The van der Waals surface area contributed by atoms with Gasteiger partial charge in [-0.05, 0) is 34.7 Å². The largest absolute Gasteiger partial charge is 0.398 e. The summed E-state index contributed by atoms with van der Waals surface area (Å²) in [6.45, 7) is 8.61. The molecule has 1 aliphatic heterocycles. The quantitative estimate of drug-likeness (QED) is 0.741. The predicted octanol–water partition coefficient (Wildman–Crippen LogP) is 3.58. The normalized spacial score (nSPS) is 15.6. The minimum atomic E-state index is -2.62. The van der Waals surface area contributed by atoms with E-state index in [2.05, 4.69) is 69.3 Å². The minimum absolute atomic E-state index is 0.0993. The van der Waals surface area contributed by atoms with Crippen LogP contribution in [-0.4, -0.2) is 38.8 Å². The molecule has 0 radical (unpaired) electrons. The maximum absolute atomic E-state index is 12.9. The summed E-state index contributed by atoms with van der Waals surface area (Å²) in [7, 11) is -2.62. The average Bonchev–Trinajstić information content (AvgIpc) is 2.69. The molecule has 144 valence electrons. The number of carbonyl (C=O) groups is 1. The van der Waals surface area contributed by atoms with Gasteiger partial charge in [0, 0.05) is 13.1 Å². The van der Waals surface area contributed by atoms with Gasteiger partial charge in [0.25, 0.3) is 8.32 Å². The van der Waals surface area contributed by atoms with E-state index in [0.29, 0.717) is 0 Å². The Bertz CT molecular complexity index is 694. The molecule has 1 heterocycles. The van der Waals surface area contributed by atoms with Crippen molar-refractivity contribution in [3.05, 3.63) is 60.7 Å². The van der Waals surface area contributed by atoms with E-state index in [4.69, 9.17) is 4.43 Å². The van der Waals surface area contributed by atoms with Crippen LogP contribution in [0.5, 0.6) is 0 Å². The maximum atomic E-state index is 12.9. The first kappa shape index (κ1) is 19.8. The monoisotopic (exact) mass is 381 g/mol. The number of benzene rings is 2. The first-order valence-corrected chi connectivity index (χ1v) is 11.9. The van der Waals surface area contributed by atoms with Gasteiger partial charge >= 0.3 is 0 Å². The zero-order valence-corrected chi connectivity index (χ0v) is 17.8. The van der Waals surface area contributed by atoms with Gasteiger partial charge in [-0.25, -0.2) is 0 Å². The van der Waals surface area contributed by atoms with Crippen LogP contribution >= 0.6 is 0 Å². The highest BCUT2D eigenvalue weighted by atomic mass is 28.4. The van der Waals surface area contributed by atoms with Gasteiger partial charge in [0.1, 0.15) is 6.61 Å². The van der Waals surface area contributed by atoms with Crippen molar-refractivity contribution in [3.8, 4) is 0 Å². The van der Waals surface area contributed by atoms with Crippen LogP contribution in [0.2, 0.25) is 5.04 Å². The molecule has 0 aliphatic carbocycles. The van der Waals surface area contributed by atoms with Crippen molar-refractivity contribution in [3.63, 3.8) is 0 Å². The Kier molecular flexibility index (Phi) is 6.17. The zero-order valence-electron chi connectivity index (χ0n) is 16.8. The van der Waals surface area contributed by atoms with E-state index in [1.54, 1.807) is 0 Å². The number of hydrogen-bond acceptors (Lipinski definition) is 2. The van der Waals surface area contributed by atoms with E-state index >= 15 is 0 Å². The molecule has 3 rings (SSSR count). The van der Waals surface area contributed by atoms with Crippen molar-refractivity contribution in [2.75, 3.05) is 19.7 Å². The van der Waals surface area contributed by atoms with Gasteiger partial charge in [-0.1, -0.05) is 81.4 Å². The van der Waals surface area contributed by atoms with Crippen molar-refractivity contribution in [2.45, 2.75) is 45.1 Å². The molecule has 3 nitrogen and oxygen atoms in total. The van der Waals surface area contributed by atoms with Crippen LogP contribution in [0.3, 0.4) is 0 Å². The molecule has 2 aromatic carbocycles. The van der Waals surface area contributed by atoms with E-state index < -0.39 is 8.32 Å². The van der Waals surface area contributed by atoms with Crippen molar-refractivity contribution >= 4 is 24.6 Å². The van der Waals surface area contributed by atoms with Crippen molar-refractivity contribution in [2.24, 2.45) is 0 Å². The Labute approximate surface area is 164 Å². The zero-order chi connectivity index (χ0) is 19.3. The molecule has 0 atom stereocenters. The maximum Gasteiger partial charge on any atom is 0.261 e. The Morgan fingerprint density at radius 3 is 1.81 bits per heavy atom. The summed E-state index contributed by atoms with van der Waals surface area (Å²) in [5.41, 5.74) is 0. The third-order valence-corrected chi connectivity index (χ3v) is 10.5. The lowest BCUT2D eigenvalue weighted by Crippen LogP contribution is -2.67. The van der Waals surface area contributed by atoms with Gasteiger partial charge in [0.15, 0.2) is 0 Å². The molecule has 1 amide bonds. The summed E-state index contributed by atoms with van der Waals surface area (Å²) in [6, 6.07) is 21.0. The number of amides is 1. The van der Waals surface area contributed by atoms with Crippen molar-refractivity contribution in [1.82, 2.24) is 4.90 Å². The van der Waals surface area contributed by atoms with Gasteiger partial charge in [-0.2, -0.15) is 0 Å². The summed E-state index contributed by atoms with van der Waals surface area (Å²) in [5.74, 6) is 0.127. The molecule has 0 bridgehead atoms. The third-order valence-electron chi connectivity index (χ3n) is 5.54. The van der Waals surface area contributed by atoms with Crippen LogP contribution in [0.15, 0.2) is 60.7 Å². The molecule has 1 fully saturated rings. The third kappa shape index (κ3) is 4.17. The highest BCUT2D eigenvalue weighted by molar-refractivity contribution is 6.99. The lowest BCUT2D eigenvalue weighted by atomic mass is 10.1. The molecule has 0 saturated carbocycles. The molecule has 0 spiro atoms. The smallest absolute Gasteiger partial charge is 0.261 e. The number of piperidine rings is 1. The molecule has 0 N–H and O–H groups in total. The fourth-order valence-electron chi connectivity index (χ4n) is 4.17. The first-order chi connectivity index (χ1) is 12.9. The van der Waals surface area contributed by atoms with Gasteiger partial charge in [-0.15, -0.1) is 0 Å². The van der Waals surface area contributed by atoms with Gasteiger partial charge in [0.2, 0.25) is 5.91 Å². The molecule has 1 aliphatic rings. The topological polar surface area (TPSA) is 29.5 Å². The molecule has 27 heavy (non-hydrogen) atoms. The second-order valence-corrected chi connectivity index (χ2v) is 12.7. The highest BCUT2D eigenvalue weighted by Crippen LogP contribution is 2.36. The Morgan fingerprint density at radius 2 is 1.37 bits per heavy atom. The van der Waals surface area contributed by atoms with E-state index in [9.17, 15) is 4.79 Å². The SMILES string of the molecule is CC(C)(C)[Si](OCC(=O)N1CCCCC1)(c1ccccc1)c1ccccc1. The van der Waals surface area contributed by atoms with Crippen molar-refractivity contribution < 1.29 is 9.22 Å². The van der Waals surface area contributed by atoms with Crippen LogP contribution in [0.1, 0.15) is 40.0 Å². The average molecular weight is 382 g/mol. The fourth-order valence-corrected chi connectivity index (χ4v) is 8.66. The first-order valence-electron chi connectivity index (χ1n) is 9.98. The number of likely N-dealkylation sites (tertiary alicyclic amines) is 1. The standard InChI is InChI=1S/C23H31NO2Si/c1-23(2,3)27(20-13-7-4-8-14-20,21-15-9-5-10-16-21)26-19-22(25)24-17-11-6-12-18-24/h4-5,7-10,13-16H,6,11-12,17-19H2,1-3H3. The van der Waals surface area contributed by atoms with Gasteiger partial charge < -0.3 is 9.33 Å². The molecule has 0 aromatic heterocycles. The van der Waals surface area contributed by atoms with Crippen LogP contribution in [-0.2, 0) is 9.22 Å². The van der Waals surface area contributed by atoms with Crippen LogP contribution < -0.4 is 10.4 Å². The Balaban J connectivity index is 1.97.